The largest absolute Gasteiger partial charge is 0.357 e. The summed E-state index contributed by atoms with van der Waals surface area (Å²) in [5.74, 6) is 1.22. The molecule has 0 aromatic rings. The van der Waals surface area contributed by atoms with E-state index >= 15 is 0 Å². The highest BCUT2D eigenvalue weighted by Gasteiger charge is 2.31. The maximum Gasteiger partial charge on any atom is 0.223 e. The van der Waals surface area contributed by atoms with Crippen molar-refractivity contribution in [2.75, 3.05) is 25.1 Å². The molecule has 0 aromatic carbocycles. The number of carbonyl (C=O) groups excluding carboxylic acids is 1. The Morgan fingerprint density at radius 2 is 1.82 bits per heavy atom. The van der Waals surface area contributed by atoms with Gasteiger partial charge in [-0.3, -0.25) is 9.79 Å². The second kappa shape index (κ2) is 9.94. The Kier molecular flexibility index (Phi) is 8.16. The molecule has 2 aliphatic carbocycles. The lowest BCUT2D eigenvalue weighted by Crippen LogP contribution is -2.47. The first-order chi connectivity index (χ1) is 13.1. The first kappa shape index (κ1) is 23.0. The summed E-state index contributed by atoms with van der Waals surface area (Å²) in [6.07, 6.45) is 7.97. The third-order valence-electron chi connectivity index (χ3n) is 5.47. The number of carbonyl (C=O) groups is 1. The maximum atomic E-state index is 12.4. The molecule has 2 saturated carbocycles. The predicted octanol–water partition coefficient (Wildman–Crippen LogP) is 1.84. The van der Waals surface area contributed by atoms with E-state index in [0.717, 1.165) is 51.0 Å². The van der Waals surface area contributed by atoms with Gasteiger partial charge in [-0.15, -0.1) is 0 Å². The normalized spacial score (nSPS) is 23.9. The van der Waals surface area contributed by atoms with Crippen LogP contribution in [-0.2, 0) is 14.6 Å². The summed E-state index contributed by atoms with van der Waals surface area (Å²) in [7, 11) is -2.97. The first-order valence-corrected chi connectivity index (χ1v) is 12.7. The van der Waals surface area contributed by atoms with Gasteiger partial charge in [0.25, 0.3) is 0 Å². The van der Waals surface area contributed by atoms with Crippen LogP contribution >= 0.6 is 0 Å². The number of rotatable bonds is 9. The van der Waals surface area contributed by atoms with Crippen LogP contribution in [0.2, 0.25) is 0 Å². The predicted molar refractivity (Wildman–Crippen MR) is 114 cm³/mol. The standard InChI is InChI=1S/C20H38N4O3S/c1-5-21-19(22-14-20(2,3)11-12-28(4,26)27)24-17-8-6-7-15(13-17)18(25)23-16-9-10-16/h15-17H,5-14H2,1-4H3,(H,23,25)(H2,21,22,24). The number of sulfone groups is 1. The molecule has 3 N–H and O–H groups in total. The quantitative estimate of drug-likeness (QED) is 0.395. The van der Waals surface area contributed by atoms with Crippen molar-refractivity contribution < 1.29 is 13.2 Å². The molecule has 0 saturated heterocycles. The van der Waals surface area contributed by atoms with Gasteiger partial charge in [0.05, 0.1) is 5.75 Å². The fourth-order valence-electron chi connectivity index (χ4n) is 3.45. The molecule has 0 aromatic heterocycles. The van der Waals surface area contributed by atoms with Gasteiger partial charge < -0.3 is 16.0 Å². The molecule has 28 heavy (non-hydrogen) atoms. The Morgan fingerprint density at radius 1 is 1.11 bits per heavy atom. The summed E-state index contributed by atoms with van der Waals surface area (Å²) in [6.45, 7) is 7.43. The van der Waals surface area contributed by atoms with E-state index < -0.39 is 9.84 Å². The number of nitrogens with one attached hydrogen (secondary N) is 3. The Bertz CT molecular complexity index is 656. The molecule has 2 fully saturated rings. The minimum Gasteiger partial charge on any atom is -0.357 e. The van der Waals surface area contributed by atoms with Crippen LogP contribution in [-0.4, -0.2) is 57.5 Å². The molecule has 0 spiro atoms. The molecular formula is C20H38N4O3S. The Hall–Kier alpha value is -1.31. The van der Waals surface area contributed by atoms with Crippen LogP contribution in [0.3, 0.4) is 0 Å². The number of amides is 1. The molecule has 0 aliphatic heterocycles. The van der Waals surface area contributed by atoms with Crippen LogP contribution in [0.4, 0.5) is 0 Å². The number of nitrogens with zero attached hydrogens (tertiary/aromatic N) is 1. The van der Waals surface area contributed by atoms with Gasteiger partial charge >= 0.3 is 0 Å². The average Bonchev–Trinajstić information content (AvgIpc) is 3.42. The van der Waals surface area contributed by atoms with E-state index in [0.29, 0.717) is 19.0 Å². The van der Waals surface area contributed by atoms with Crippen LogP contribution < -0.4 is 16.0 Å². The highest BCUT2D eigenvalue weighted by Crippen LogP contribution is 2.27. The lowest BCUT2D eigenvalue weighted by atomic mass is 9.85. The van der Waals surface area contributed by atoms with Crippen molar-refractivity contribution in [2.45, 2.75) is 77.8 Å². The summed E-state index contributed by atoms with van der Waals surface area (Å²) in [6, 6.07) is 0.648. The van der Waals surface area contributed by atoms with E-state index in [1.54, 1.807) is 0 Å². The first-order valence-electron chi connectivity index (χ1n) is 10.6. The lowest BCUT2D eigenvalue weighted by Gasteiger charge is -2.30. The van der Waals surface area contributed by atoms with Gasteiger partial charge in [0.1, 0.15) is 9.84 Å². The van der Waals surface area contributed by atoms with Crippen LogP contribution in [0.1, 0.15) is 65.7 Å². The number of guanidine groups is 1. The van der Waals surface area contributed by atoms with Crippen molar-refractivity contribution in [3.63, 3.8) is 0 Å². The molecule has 0 bridgehead atoms. The molecule has 2 unspecified atom stereocenters. The summed E-state index contributed by atoms with van der Waals surface area (Å²) < 4.78 is 22.9. The zero-order valence-electron chi connectivity index (χ0n) is 17.9. The van der Waals surface area contributed by atoms with Gasteiger partial charge in [-0.2, -0.15) is 0 Å². The Labute approximate surface area is 170 Å². The molecule has 0 radical (unpaired) electrons. The van der Waals surface area contributed by atoms with Crippen molar-refractivity contribution in [3.05, 3.63) is 0 Å². The van der Waals surface area contributed by atoms with E-state index in [9.17, 15) is 13.2 Å². The fraction of sp³-hybridized carbons (Fsp3) is 0.900. The van der Waals surface area contributed by atoms with Crippen molar-refractivity contribution in [1.29, 1.82) is 0 Å². The van der Waals surface area contributed by atoms with Gasteiger partial charge in [0.2, 0.25) is 5.91 Å². The van der Waals surface area contributed by atoms with Crippen LogP contribution in [0.25, 0.3) is 0 Å². The van der Waals surface area contributed by atoms with E-state index in [1.807, 2.05) is 20.8 Å². The number of hydrogen-bond donors (Lipinski definition) is 3. The summed E-state index contributed by atoms with van der Waals surface area (Å²) in [4.78, 5) is 17.1. The molecule has 7 nitrogen and oxygen atoms in total. The van der Waals surface area contributed by atoms with Gasteiger partial charge in [-0.25, -0.2) is 8.42 Å². The van der Waals surface area contributed by atoms with E-state index in [-0.39, 0.29) is 29.0 Å². The summed E-state index contributed by atoms with van der Waals surface area (Å²) >= 11 is 0. The Balaban J connectivity index is 1.89. The van der Waals surface area contributed by atoms with Crippen LogP contribution in [0, 0.1) is 11.3 Å². The molecule has 1 amide bonds. The second-order valence-electron chi connectivity index (χ2n) is 9.23. The molecule has 8 heteroatoms. The summed E-state index contributed by atoms with van der Waals surface area (Å²) in [5, 5.41) is 9.91. The lowest BCUT2D eigenvalue weighted by molar-refractivity contribution is -0.126. The smallest absolute Gasteiger partial charge is 0.223 e. The molecule has 2 atom stereocenters. The fourth-order valence-corrected chi connectivity index (χ4v) is 4.38. The highest BCUT2D eigenvalue weighted by atomic mass is 32.2. The third-order valence-corrected chi connectivity index (χ3v) is 6.41. The zero-order chi connectivity index (χ0) is 20.8. The van der Waals surface area contributed by atoms with E-state index in [2.05, 4.69) is 16.0 Å². The van der Waals surface area contributed by atoms with Crippen molar-refractivity contribution in [2.24, 2.45) is 16.3 Å². The van der Waals surface area contributed by atoms with Gasteiger partial charge in [-0.05, 0) is 50.9 Å². The second-order valence-corrected chi connectivity index (χ2v) is 11.5. The molecular weight excluding hydrogens is 376 g/mol. The highest BCUT2D eigenvalue weighted by molar-refractivity contribution is 7.90. The summed E-state index contributed by atoms with van der Waals surface area (Å²) in [5.41, 5.74) is -0.190. The van der Waals surface area contributed by atoms with Crippen LogP contribution in [0.5, 0.6) is 0 Å². The minimum absolute atomic E-state index is 0.0842. The van der Waals surface area contributed by atoms with Crippen molar-refractivity contribution in [1.82, 2.24) is 16.0 Å². The number of hydrogen-bond acceptors (Lipinski definition) is 4. The van der Waals surface area contributed by atoms with E-state index in [4.69, 9.17) is 4.99 Å². The van der Waals surface area contributed by atoms with Gasteiger partial charge in [0.15, 0.2) is 5.96 Å². The average molecular weight is 415 g/mol. The minimum atomic E-state index is -2.97. The monoisotopic (exact) mass is 414 g/mol. The van der Waals surface area contributed by atoms with Gasteiger partial charge in [0, 0.05) is 37.3 Å². The van der Waals surface area contributed by atoms with Gasteiger partial charge in [-0.1, -0.05) is 20.3 Å². The van der Waals surface area contributed by atoms with Crippen molar-refractivity contribution >= 4 is 21.7 Å². The van der Waals surface area contributed by atoms with Crippen LogP contribution in [0.15, 0.2) is 4.99 Å². The molecule has 2 rings (SSSR count). The molecule has 2 aliphatic rings. The number of aliphatic imine (C=N–C) groups is 1. The zero-order valence-corrected chi connectivity index (χ0v) is 18.7. The van der Waals surface area contributed by atoms with Crippen molar-refractivity contribution in [3.8, 4) is 0 Å². The third kappa shape index (κ3) is 8.80. The molecule has 0 heterocycles. The SMILES string of the molecule is CCNC(=NCC(C)(C)CCS(C)(=O)=O)NC1CCCC(C(=O)NC2CC2)C1. The van der Waals surface area contributed by atoms with E-state index in [1.165, 1.54) is 6.26 Å². The maximum absolute atomic E-state index is 12.4. The topological polar surface area (TPSA) is 99.7 Å². The Morgan fingerprint density at radius 3 is 2.43 bits per heavy atom. The molecule has 162 valence electrons.